The third-order valence-electron chi connectivity index (χ3n) is 7.47. The fourth-order valence-electron chi connectivity index (χ4n) is 4.83. The fraction of sp³-hybridized carbons (Fsp3) is 0.312. The smallest absolute Gasteiger partial charge is 0.214 e. The molecule has 7 heteroatoms. The Labute approximate surface area is 237 Å². The summed E-state index contributed by atoms with van der Waals surface area (Å²) in [7, 11) is 2.66. The number of carbonyl (C=O) groups is 1. The molecule has 1 aromatic carbocycles. The van der Waals surface area contributed by atoms with Crippen LogP contribution in [0, 0.1) is 18.3 Å². The number of nitrogens with zero attached hydrogens (tertiary/aromatic N) is 1. The summed E-state index contributed by atoms with van der Waals surface area (Å²) in [4.78, 5) is 18.1. The molecule has 3 aliphatic rings. The summed E-state index contributed by atoms with van der Waals surface area (Å²) in [5.74, 6) is 1.88. The molecule has 1 aromatic heterocycles. The molecule has 1 unspecified atom stereocenters. The van der Waals surface area contributed by atoms with E-state index in [0.29, 0.717) is 33.5 Å². The second-order valence-electron chi connectivity index (χ2n) is 10.7. The van der Waals surface area contributed by atoms with Crippen LogP contribution in [0.15, 0.2) is 83.4 Å². The third kappa shape index (κ3) is 6.37. The molecular weight excluding hydrogens is 527 g/mol. The SMILES string of the molecule is C=C(P)C1=C/C=C/C2(CC2)Cc2nc(OCC(C(=O)C3CC3)=C(N)c3c(C)cccc3Cl)ccc2OC(C)=C1. The number of halogens is 1. The van der Waals surface area contributed by atoms with Crippen LogP contribution in [0.4, 0.5) is 0 Å². The van der Waals surface area contributed by atoms with Crippen molar-refractivity contribution in [1.82, 2.24) is 4.98 Å². The van der Waals surface area contributed by atoms with Crippen LogP contribution in [0.2, 0.25) is 5.02 Å². The van der Waals surface area contributed by atoms with Gasteiger partial charge in [-0.15, -0.1) is 9.24 Å². The van der Waals surface area contributed by atoms with Crippen LogP contribution in [0.1, 0.15) is 49.4 Å². The lowest BCUT2D eigenvalue weighted by Gasteiger charge is -2.17. The number of pyridine rings is 1. The Morgan fingerprint density at radius 3 is 2.69 bits per heavy atom. The number of nitrogens with two attached hydrogens (primary N) is 1. The third-order valence-corrected chi connectivity index (χ3v) is 8.12. The van der Waals surface area contributed by atoms with Crippen LogP contribution in [-0.2, 0) is 11.2 Å². The van der Waals surface area contributed by atoms with Gasteiger partial charge in [-0.05, 0) is 79.6 Å². The zero-order valence-corrected chi connectivity index (χ0v) is 24.3. The van der Waals surface area contributed by atoms with E-state index in [1.54, 1.807) is 12.1 Å². The largest absolute Gasteiger partial charge is 0.473 e. The van der Waals surface area contributed by atoms with E-state index in [2.05, 4.69) is 34.0 Å². The molecule has 2 aliphatic carbocycles. The highest BCUT2D eigenvalue weighted by Crippen LogP contribution is 2.51. The first-order valence-corrected chi connectivity index (χ1v) is 14.2. The first-order chi connectivity index (χ1) is 18.7. The van der Waals surface area contributed by atoms with Crippen LogP contribution >= 0.6 is 20.8 Å². The molecule has 1 aliphatic heterocycles. The number of ketones is 1. The van der Waals surface area contributed by atoms with Crippen molar-refractivity contribution in [2.45, 2.75) is 46.0 Å². The van der Waals surface area contributed by atoms with Crippen LogP contribution in [0.25, 0.3) is 5.70 Å². The van der Waals surface area contributed by atoms with Crippen LogP contribution < -0.4 is 15.2 Å². The molecule has 0 saturated heterocycles. The Kier molecular flexibility index (Phi) is 7.84. The monoisotopic (exact) mass is 560 g/mol. The highest BCUT2D eigenvalue weighted by molar-refractivity contribution is 7.23. The topological polar surface area (TPSA) is 74.4 Å². The molecule has 0 amide bonds. The molecule has 5 rings (SSSR count). The average molecular weight is 561 g/mol. The van der Waals surface area contributed by atoms with Gasteiger partial charge in [0.25, 0.3) is 0 Å². The van der Waals surface area contributed by atoms with E-state index in [0.717, 1.165) is 60.0 Å². The highest BCUT2D eigenvalue weighted by atomic mass is 35.5. The van der Waals surface area contributed by atoms with Gasteiger partial charge in [0.15, 0.2) is 5.78 Å². The van der Waals surface area contributed by atoms with E-state index in [9.17, 15) is 4.79 Å². The second-order valence-corrected chi connectivity index (χ2v) is 11.9. The van der Waals surface area contributed by atoms with Gasteiger partial charge < -0.3 is 15.2 Å². The average Bonchev–Trinajstić information content (AvgIpc) is 3.81. The Balaban J connectivity index is 1.45. The number of hydrogen-bond donors (Lipinski definition) is 1. The molecule has 0 radical (unpaired) electrons. The van der Waals surface area contributed by atoms with Gasteiger partial charge in [0.1, 0.15) is 18.1 Å². The number of ether oxygens (including phenoxy) is 2. The Morgan fingerprint density at radius 1 is 1.26 bits per heavy atom. The van der Waals surface area contributed by atoms with E-state index >= 15 is 0 Å². The van der Waals surface area contributed by atoms with Gasteiger partial charge in [0.2, 0.25) is 5.88 Å². The molecule has 1 spiro atoms. The molecular formula is C32H34ClN2O3P. The molecule has 2 heterocycles. The van der Waals surface area contributed by atoms with Gasteiger partial charge >= 0.3 is 0 Å². The Bertz CT molecular complexity index is 1440. The lowest BCUT2D eigenvalue weighted by molar-refractivity contribution is -0.116. The number of rotatable bonds is 7. The van der Waals surface area contributed by atoms with E-state index in [4.69, 9.17) is 31.8 Å². The summed E-state index contributed by atoms with van der Waals surface area (Å²) < 4.78 is 12.4. The summed E-state index contributed by atoms with van der Waals surface area (Å²) in [5, 5.41) is 1.41. The van der Waals surface area contributed by atoms with E-state index in [-0.39, 0.29) is 23.7 Å². The number of hydrogen-bond acceptors (Lipinski definition) is 5. The summed E-state index contributed by atoms with van der Waals surface area (Å²) in [6.45, 7) is 7.94. The van der Waals surface area contributed by atoms with Gasteiger partial charge in [0.05, 0.1) is 22.0 Å². The number of allylic oxidation sites excluding steroid dienone is 7. The normalized spacial score (nSPS) is 19.4. The number of fused-ring (bicyclic) bond motifs is 1. The summed E-state index contributed by atoms with van der Waals surface area (Å²) in [6.07, 6.45) is 13.0. The van der Waals surface area contributed by atoms with Gasteiger partial charge in [0, 0.05) is 24.0 Å². The van der Waals surface area contributed by atoms with Gasteiger partial charge in [-0.1, -0.05) is 48.5 Å². The minimum atomic E-state index is -0.00824. The predicted octanol–water partition coefficient (Wildman–Crippen LogP) is 7.26. The maximum absolute atomic E-state index is 13.3. The quantitative estimate of drug-likeness (QED) is 0.285. The summed E-state index contributed by atoms with van der Waals surface area (Å²) >= 11 is 6.49. The van der Waals surface area contributed by atoms with Crippen molar-refractivity contribution in [3.05, 3.63) is 105 Å². The van der Waals surface area contributed by atoms with Crippen molar-refractivity contribution in [2.24, 2.45) is 17.1 Å². The Morgan fingerprint density at radius 2 is 2.03 bits per heavy atom. The van der Waals surface area contributed by atoms with Crippen molar-refractivity contribution in [3.63, 3.8) is 0 Å². The van der Waals surface area contributed by atoms with Crippen LogP contribution in [0.5, 0.6) is 11.6 Å². The van der Waals surface area contributed by atoms with Gasteiger partial charge in [-0.2, -0.15) is 0 Å². The maximum atomic E-state index is 13.3. The molecule has 39 heavy (non-hydrogen) atoms. The number of benzene rings is 1. The van der Waals surface area contributed by atoms with E-state index in [1.807, 2.05) is 38.1 Å². The van der Waals surface area contributed by atoms with Crippen molar-refractivity contribution in [1.29, 1.82) is 0 Å². The van der Waals surface area contributed by atoms with Crippen molar-refractivity contribution in [2.75, 3.05) is 6.61 Å². The van der Waals surface area contributed by atoms with Crippen LogP contribution in [0.3, 0.4) is 0 Å². The van der Waals surface area contributed by atoms with Crippen molar-refractivity contribution >= 4 is 32.3 Å². The lowest BCUT2D eigenvalue weighted by atomic mass is 9.98. The molecule has 2 N–H and O–H groups in total. The predicted molar refractivity (Wildman–Crippen MR) is 161 cm³/mol. The molecule has 0 bridgehead atoms. The minimum Gasteiger partial charge on any atom is -0.473 e. The zero-order chi connectivity index (χ0) is 27.7. The first kappa shape index (κ1) is 27.4. The molecule has 1 atom stereocenters. The molecule has 2 fully saturated rings. The summed E-state index contributed by atoms with van der Waals surface area (Å²) in [6, 6.07) is 9.26. The minimum absolute atomic E-state index is 0.00824. The van der Waals surface area contributed by atoms with Gasteiger partial charge in [-0.3, -0.25) is 4.79 Å². The molecule has 202 valence electrons. The number of aryl methyl sites for hydroxylation is 1. The fourth-order valence-corrected chi connectivity index (χ4v) is 5.34. The number of aromatic nitrogens is 1. The molecule has 2 saturated carbocycles. The number of carbonyl (C=O) groups excluding carboxylic acids is 1. The Hall–Kier alpha value is -3.14. The highest BCUT2D eigenvalue weighted by Gasteiger charge is 2.41. The standard InChI is InChI=1S/C32H34ClN2O3P/c1-19-6-4-8-25(33)29(19)30(34)24(31(36)22-9-10-22)18-37-28-12-11-27-26(35-28)17-32(14-15-32)13-5-7-23(21(3)39)16-20(2)38-27/h4-8,11-13,16,22H,3,9-10,14-15,17-18,34,39H2,1-2H3/b13-5+,20-16?,23-7?,30-24?. The maximum Gasteiger partial charge on any atom is 0.214 e. The van der Waals surface area contributed by atoms with Crippen molar-refractivity contribution in [3.8, 4) is 11.6 Å². The zero-order valence-electron chi connectivity index (χ0n) is 22.4. The van der Waals surface area contributed by atoms with Gasteiger partial charge in [-0.25, -0.2) is 4.98 Å². The first-order valence-electron chi connectivity index (χ1n) is 13.3. The van der Waals surface area contributed by atoms with E-state index in [1.165, 1.54) is 0 Å². The summed E-state index contributed by atoms with van der Waals surface area (Å²) in [5.41, 5.74) is 10.9. The molecule has 5 nitrogen and oxygen atoms in total. The lowest BCUT2D eigenvalue weighted by Crippen LogP contribution is -2.19. The number of Topliss-reactive ketones (excluding diaryl/α,β-unsaturated/α-hetero) is 1. The van der Waals surface area contributed by atoms with E-state index < -0.39 is 0 Å². The second kappa shape index (κ2) is 11.2. The van der Waals surface area contributed by atoms with Crippen molar-refractivity contribution < 1.29 is 14.3 Å². The molecule has 2 aromatic rings. The van der Waals surface area contributed by atoms with Crippen LogP contribution in [-0.4, -0.2) is 17.4 Å².